The Bertz CT molecular complexity index is 996. The Morgan fingerprint density at radius 3 is 3.08 bits per heavy atom. The van der Waals surface area contributed by atoms with Crippen LogP contribution in [0, 0.1) is 0 Å². The number of aromatic nitrogens is 6. The van der Waals surface area contributed by atoms with Crippen molar-refractivity contribution >= 4 is 22.8 Å². The van der Waals surface area contributed by atoms with Crippen molar-refractivity contribution in [2.45, 2.75) is 32.4 Å². The van der Waals surface area contributed by atoms with Gasteiger partial charge in [0.25, 0.3) is 6.01 Å². The highest BCUT2D eigenvalue weighted by atomic mass is 16.4. The van der Waals surface area contributed by atoms with E-state index in [4.69, 9.17) is 4.42 Å². The Morgan fingerprint density at radius 1 is 1.16 bits per heavy atom. The van der Waals surface area contributed by atoms with Gasteiger partial charge in [0.1, 0.15) is 17.9 Å². The maximum atomic E-state index is 5.68. The maximum Gasteiger partial charge on any atom is 0.300 e. The van der Waals surface area contributed by atoms with Crippen LogP contribution in [0.15, 0.2) is 41.1 Å². The SMILES string of the molecule is c1ccc2oc(Nc3cnn(Cc4nnc5n4CCCC5)c3)nc2c1. The fraction of sp³-hybridized carbons (Fsp3) is 0.294. The Hall–Kier alpha value is -3.16. The van der Waals surface area contributed by atoms with E-state index >= 15 is 0 Å². The first kappa shape index (κ1) is 14.2. The largest absolute Gasteiger partial charge is 0.423 e. The van der Waals surface area contributed by atoms with E-state index in [1.807, 2.05) is 35.1 Å². The summed E-state index contributed by atoms with van der Waals surface area (Å²) in [5.41, 5.74) is 2.41. The van der Waals surface area contributed by atoms with Crippen LogP contribution in [0.25, 0.3) is 11.1 Å². The summed E-state index contributed by atoms with van der Waals surface area (Å²) in [5, 5.41) is 16.1. The number of hydrogen-bond donors (Lipinski definition) is 1. The first-order valence-electron chi connectivity index (χ1n) is 8.41. The molecule has 0 bridgehead atoms. The summed E-state index contributed by atoms with van der Waals surface area (Å²) >= 11 is 0. The van der Waals surface area contributed by atoms with Crippen LogP contribution >= 0.6 is 0 Å². The second-order valence-electron chi connectivity index (χ2n) is 6.18. The molecule has 0 fully saturated rings. The predicted octanol–water partition coefficient (Wildman–Crippen LogP) is 2.74. The zero-order valence-corrected chi connectivity index (χ0v) is 13.6. The van der Waals surface area contributed by atoms with Crippen molar-refractivity contribution in [2.75, 3.05) is 5.32 Å². The van der Waals surface area contributed by atoms with Crippen molar-refractivity contribution in [3.05, 3.63) is 48.3 Å². The smallest absolute Gasteiger partial charge is 0.300 e. The van der Waals surface area contributed by atoms with Crippen molar-refractivity contribution < 1.29 is 4.42 Å². The molecule has 8 nitrogen and oxygen atoms in total. The summed E-state index contributed by atoms with van der Waals surface area (Å²) in [7, 11) is 0. The monoisotopic (exact) mass is 335 g/mol. The minimum Gasteiger partial charge on any atom is -0.423 e. The molecule has 1 aliphatic rings. The number of para-hydroxylation sites is 2. The lowest BCUT2D eigenvalue weighted by Crippen LogP contribution is -2.15. The Balaban J connectivity index is 1.34. The number of nitrogens with zero attached hydrogens (tertiary/aromatic N) is 6. The first-order chi connectivity index (χ1) is 12.3. The van der Waals surface area contributed by atoms with Crippen LogP contribution in [0.1, 0.15) is 24.5 Å². The molecule has 0 aliphatic carbocycles. The summed E-state index contributed by atoms with van der Waals surface area (Å²) in [6, 6.07) is 8.13. The molecule has 25 heavy (non-hydrogen) atoms. The van der Waals surface area contributed by atoms with Gasteiger partial charge in [-0.3, -0.25) is 4.68 Å². The fourth-order valence-corrected chi connectivity index (χ4v) is 3.19. The fourth-order valence-electron chi connectivity index (χ4n) is 3.19. The molecule has 3 aromatic heterocycles. The Morgan fingerprint density at radius 2 is 2.12 bits per heavy atom. The van der Waals surface area contributed by atoms with E-state index in [0.717, 1.165) is 41.4 Å². The number of hydrogen-bond acceptors (Lipinski definition) is 6. The topological polar surface area (TPSA) is 86.6 Å². The van der Waals surface area contributed by atoms with Gasteiger partial charge in [-0.1, -0.05) is 12.1 Å². The molecule has 0 spiro atoms. The van der Waals surface area contributed by atoms with Gasteiger partial charge in [-0.15, -0.1) is 10.2 Å². The van der Waals surface area contributed by atoms with Crippen molar-refractivity contribution in [1.82, 2.24) is 29.5 Å². The van der Waals surface area contributed by atoms with Gasteiger partial charge >= 0.3 is 0 Å². The van der Waals surface area contributed by atoms with Crippen molar-refractivity contribution in [2.24, 2.45) is 0 Å². The molecule has 0 unspecified atom stereocenters. The molecular weight excluding hydrogens is 318 g/mol. The van der Waals surface area contributed by atoms with Gasteiger partial charge in [-0.2, -0.15) is 10.1 Å². The molecule has 0 saturated carbocycles. The summed E-state index contributed by atoms with van der Waals surface area (Å²) in [6.45, 7) is 1.59. The van der Waals surface area contributed by atoms with Gasteiger partial charge in [-0.25, -0.2) is 0 Å². The summed E-state index contributed by atoms with van der Waals surface area (Å²) < 4.78 is 9.73. The molecule has 126 valence electrons. The third-order valence-electron chi connectivity index (χ3n) is 4.42. The third kappa shape index (κ3) is 2.65. The van der Waals surface area contributed by atoms with Crippen LogP contribution in [0.5, 0.6) is 0 Å². The van der Waals surface area contributed by atoms with Crippen molar-refractivity contribution in [3.63, 3.8) is 0 Å². The maximum absolute atomic E-state index is 5.68. The second kappa shape index (κ2) is 5.73. The molecule has 0 atom stereocenters. The molecule has 4 aromatic rings. The quantitative estimate of drug-likeness (QED) is 0.617. The zero-order chi connectivity index (χ0) is 16.6. The molecule has 1 aromatic carbocycles. The van der Waals surface area contributed by atoms with Gasteiger partial charge in [0.05, 0.1) is 11.9 Å². The lowest BCUT2D eigenvalue weighted by Gasteiger charge is -2.14. The van der Waals surface area contributed by atoms with Crippen LogP contribution in [0.2, 0.25) is 0 Å². The number of benzene rings is 1. The van der Waals surface area contributed by atoms with E-state index in [9.17, 15) is 0 Å². The van der Waals surface area contributed by atoms with Crippen molar-refractivity contribution in [3.8, 4) is 0 Å². The van der Waals surface area contributed by atoms with E-state index in [-0.39, 0.29) is 0 Å². The molecule has 1 aliphatic heterocycles. The van der Waals surface area contributed by atoms with Gasteiger partial charge < -0.3 is 14.3 Å². The standard InChI is InChI=1S/C17H17N7O/c1-2-6-14-13(5-1)20-17(25-14)19-12-9-18-23(10-12)11-16-22-21-15-7-3-4-8-24(15)16/h1-2,5-6,9-10H,3-4,7-8,11H2,(H,19,20). The van der Waals surface area contributed by atoms with Crippen LogP contribution in [0.4, 0.5) is 11.7 Å². The van der Waals surface area contributed by atoms with E-state index in [1.54, 1.807) is 6.20 Å². The summed E-state index contributed by atoms with van der Waals surface area (Å²) in [5.74, 6) is 2.03. The number of anilines is 2. The Labute approximate surface area is 143 Å². The van der Waals surface area contributed by atoms with Crippen LogP contribution in [-0.2, 0) is 19.5 Å². The van der Waals surface area contributed by atoms with Crippen LogP contribution in [0.3, 0.4) is 0 Å². The molecule has 8 heteroatoms. The van der Waals surface area contributed by atoms with E-state index in [0.29, 0.717) is 12.6 Å². The molecular formula is C17H17N7O. The van der Waals surface area contributed by atoms with E-state index < -0.39 is 0 Å². The molecule has 0 radical (unpaired) electrons. The average Bonchev–Trinajstić information content (AvgIpc) is 3.34. The zero-order valence-electron chi connectivity index (χ0n) is 13.6. The minimum atomic E-state index is 0.459. The molecule has 0 saturated heterocycles. The highest BCUT2D eigenvalue weighted by Gasteiger charge is 2.16. The third-order valence-corrected chi connectivity index (χ3v) is 4.42. The number of nitrogens with one attached hydrogen (secondary N) is 1. The van der Waals surface area contributed by atoms with E-state index in [2.05, 4.69) is 30.2 Å². The molecule has 5 rings (SSSR count). The van der Waals surface area contributed by atoms with Gasteiger partial charge in [0, 0.05) is 19.2 Å². The molecule has 1 N–H and O–H groups in total. The number of rotatable bonds is 4. The summed E-state index contributed by atoms with van der Waals surface area (Å²) in [4.78, 5) is 4.41. The lowest BCUT2D eigenvalue weighted by atomic mass is 10.2. The van der Waals surface area contributed by atoms with Crippen molar-refractivity contribution in [1.29, 1.82) is 0 Å². The average molecular weight is 335 g/mol. The van der Waals surface area contributed by atoms with E-state index in [1.165, 1.54) is 12.8 Å². The number of fused-ring (bicyclic) bond motifs is 2. The molecule has 0 amide bonds. The van der Waals surface area contributed by atoms with Gasteiger partial charge in [0.2, 0.25) is 0 Å². The van der Waals surface area contributed by atoms with Gasteiger partial charge in [-0.05, 0) is 25.0 Å². The molecule has 4 heterocycles. The predicted molar refractivity (Wildman–Crippen MR) is 91.6 cm³/mol. The summed E-state index contributed by atoms with van der Waals surface area (Å²) in [6.07, 6.45) is 7.05. The Kier molecular flexibility index (Phi) is 3.26. The lowest BCUT2D eigenvalue weighted by molar-refractivity contribution is 0.496. The number of oxazole rings is 1. The van der Waals surface area contributed by atoms with Crippen LogP contribution in [-0.4, -0.2) is 29.5 Å². The van der Waals surface area contributed by atoms with Crippen LogP contribution < -0.4 is 5.32 Å². The normalized spacial score (nSPS) is 13.9. The highest BCUT2D eigenvalue weighted by Crippen LogP contribution is 2.22. The highest BCUT2D eigenvalue weighted by molar-refractivity contribution is 5.74. The van der Waals surface area contributed by atoms with Gasteiger partial charge in [0.15, 0.2) is 11.4 Å². The second-order valence-corrected chi connectivity index (χ2v) is 6.18. The first-order valence-corrected chi connectivity index (χ1v) is 8.41. The number of aryl methyl sites for hydroxylation is 1. The minimum absolute atomic E-state index is 0.459.